The second-order valence-electron chi connectivity index (χ2n) is 17.7. The maximum atomic E-state index is 3.12. The molecule has 0 N–H and O–H groups in total. The van der Waals surface area contributed by atoms with Gasteiger partial charge in [-0.1, -0.05) is 98.9 Å². The highest BCUT2D eigenvalue weighted by atomic mass is 15.2. The minimum absolute atomic E-state index is 0.647. The summed E-state index contributed by atoms with van der Waals surface area (Å²) in [4.78, 5) is 3.12. The fraction of sp³-hybridized carbons (Fsp3) is 0.625. The van der Waals surface area contributed by atoms with Gasteiger partial charge in [-0.3, -0.25) is 4.90 Å². The molecule has 6 aliphatic carbocycles. The van der Waals surface area contributed by atoms with E-state index < -0.39 is 0 Å². The zero-order valence-corrected chi connectivity index (χ0v) is 31.0. The summed E-state index contributed by atoms with van der Waals surface area (Å²) in [6, 6.07) is 23.4. The van der Waals surface area contributed by atoms with Gasteiger partial charge in [-0.2, -0.15) is 0 Å². The predicted octanol–water partition coefficient (Wildman–Crippen LogP) is 12.7. The average Bonchev–Trinajstić information content (AvgIpc) is 3.54. The molecule has 0 bridgehead atoms. The fourth-order valence-electron chi connectivity index (χ4n) is 12.5. The van der Waals surface area contributed by atoms with Gasteiger partial charge in [0.15, 0.2) is 0 Å². The summed E-state index contributed by atoms with van der Waals surface area (Å²) in [6.07, 6.45) is 39.0. The van der Waals surface area contributed by atoms with Gasteiger partial charge in [0, 0.05) is 40.8 Å². The second kappa shape index (κ2) is 15.2. The molecule has 0 saturated heterocycles. The van der Waals surface area contributed by atoms with Gasteiger partial charge in [0.05, 0.1) is 0 Å². The Bertz CT molecular complexity index is 1620. The van der Waals surface area contributed by atoms with E-state index >= 15 is 0 Å². The Labute approximate surface area is 303 Å². The Morgan fingerprint density at radius 3 is 2.04 bits per heavy atom. The molecule has 0 radical (unpaired) electrons. The molecule has 3 aromatic rings. The Morgan fingerprint density at radius 2 is 1.28 bits per heavy atom. The molecule has 0 spiro atoms. The quantitative estimate of drug-likeness (QED) is 0.228. The molecule has 0 aliphatic heterocycles. The largest absolute Gasteiger partial charge is 0.341 e. The number of para-hydroxylation sites is 1. The molecular weight excluding hydrogens is 605 g/mol. The number of aromatic nitrogens is 1. The van der Waals surface area contributed by atoms with E-state index in [9.17, 15) is 0 Å². The van der Waals surface area contributed by atoms with Gasteiger partial charge < -0.3 is 4.57 Å². The number of hydrogen-bond acceptors (Lipinski definition) is 1. The number of hydrogen-bond donors (Lipinski definition) is 0. The maximum Gasteiger partial charge on any atom is 0.0487 e. The van der Waals surface area contributed by atoms with E-state index in [1.165, 1.54) is 152 Å². The number of allylic oxidation sites excluding steroid dienone is 2. The third-order valence-electron chi connectivity index (χ3n) is 15.1. The van der Waals surface area contributed by atoms with E-state index in [1.54, 1.807) is 22.2 Å². The monoisotopic (exact) mass is 669 g/mol. The van der Waals surface area contributed by atoms with Gasteiger partial charge in [-0.25, -0.2) is 0 Å². The van der Waals surface area contributed by atoms with Crippen LogP contribution in [0.3, 0.4) is 0 Å². The van der Waals surface area contributed by atoms with E-state index in [1.807, 2.05) is 0 Å². The Balaban J connectivity index is 0.876. The molecule has 9 rings (SSSR count). The summed E-state index contributed by atoms with van der Waals surface area (Å²) in [6.45, 7) is 0. The van der Waals surface area contributed by atoms with Crippen molar-refractivity contribution in [3.05, 3.63) is 89.6 Å². The van der Waals surface area contributed by atoms with Crippen LogP contribution in [0.25, 0.3) is 16.5 Å². The molecule has 2 aromatic carbocycles. The van der Waals surface area contributed by atoms with Crippen LogP contribution in [0.4, 0.5) is 0 Å². The van der Waals surface area contributed by atoms with Crippen LogP contribution in [0.2, 0.25) is 0 Å². The summed E-state index contributed by atoms with van der Waals surface area (Å²) >= 11 is 0. The lowest BCUT2D eigenvalue weighted by Gasteiger charge is -2.48. The summed E-state index contributed by atoms with van der Waals surface area (Å²) in [5.41, 5.74) is 7.95. The van der Waals surface area contributed by atoms with Crippen LogP contribution in [0.1, 0.15) is 151 Å². The highest BCUT2D eigenvalue weighted by Crippen LogP contribution is 2.46. The van der Waals surface area contributed by atoms with Crippen LogP contribution < -0.4 is 0 Å². The fourth-order valence-corrected chi connectivity index (χ4v) is 12.5. The second-order valence-corrected chi connectivity index (χ2v) is 17.7. The number of nitrogens with zero attached hydrogens (tertiary/aromatic N) is 2. The normalized spacial score (nSPS) is 32.6. The molecule has 1 heterocycles. The summed E-state index contributed by atoms with van der Waals surface area (Å²) in [7, 11) is 0. The van der Waals surface area contributed by atoms with Gasteiger partial charge in [-0.15, -0.1) is 0 Å². The maximum absolute atomic E-state index is 3.12. The molecule has 50 heavy (non-hydrogen) atoms. The zero-order valence-electron chi connectivity index (χ0n) is 31.0. The van der Waals surface area contributed by atoms with Crippen molar-refractivity contribution in [2.75, 3.05) is 0 Å². The lowest BCUT2D eigenvalue weighted by Crippen LogP contribution is -2.51. The van der Waals surface area contributed by atoms with Crippen molar-refractivity contribution in [2.24, 2.45) is 23.7 Å². The minimum Gasteiger partial charge on any atom is -0.341 e. The van der Waals surface area contributed by atoms with Crippen LogP contribution in [-0.4, -0.2) is 27.6 Å². The van der Waals surface area contributed by atoms with Crippen molar-refractivity contribution in [1.82, 2.24) is 9.47 Å². The molecular formula is C48H64N2. The zero-order chi connectivity index (χ0) is 33.3. The summed E-state index contributed by atoms with van der Waals surface area (Å²) in [5, 5.41) is 1.56. The van der Waals surface area contributed by atoms with Crippen LogP contribution in [-0.2, 0) is 12.8 Å². The van der Waals surface area contributed by atoms with E-state index in [4.69, 9.17) is 0 Å². The van der Waals surface area contributed by atoms with Crippen molar-refractivity contribution >= 4 is 16.5 Å². The van der Waals surface area contributed by atoms with Crippen molar-refractivity contribution in [2.45, 2.75) is 165 Å². The summed E-state index contributed by atoms with van der Waals surface area (Å²) < 4.78 is 2.84. The van der Waals surface area contributed by atoms with Crippen LogP contribution in [0.15, 0.2) is 72.8 Å². The van der Waals surface area contributed by atoms with Gasteiger partial charge in [0.2, 0.25) is 0 Å². The number of fused-ring (bicyclic) bond motifs is 3. The smallest absolute Gasteiger partial charge is 0.0487 e. The van der Waals surface area contributed by atoms with Crippen LogP contribution in [0.5, 0.6) is 0 Å². The molecule has 2 heteroatoms. The average molecular weight is 669 g/mol. The van der Waals surface area contributed by atoms with Crippen LogP contribution >= 0.6 is 0 Å². The first kappa shape index (κ1) is 33.3. The van der Waals surface area contributed by atoms with Crippen molar-refractivity contribution in [1.29, 1.82) is 0 Å². The Morgan fingerprint density at radius 1 is 0.540 bits per heavy atom. The summed E-state index contributed by atoms with van der Waals surface area (Å²) in [5.74, 6) is 3.73. The molecule has 3 atom stereocenters. The van der Waals surface area contributed by atoms with Gasteiger partial charge in [-0.05, 0) is 156 Å². The number of rotatable bonds is 7. The van der Waals surface area contributed by atoms with E-state index in [0.29, 0.717) is 18.1 Å². The molecule has 0 amide bonds. The molecule has 3 saturated carbocycles. The van der Waals surface area contributed by atoms with Crippen LogP contribution in [0, 0.1) is 23.7 Å². The Kier molecular flexibility index (Phi) is 10.1. The third-order valence-corrected chi connectivity index (χ3v) is 15.1. The molecule has 3 fully saturated rings. The van der Waals surface area contributed by atoms with Gasteiger partial charge in [0.1, 0.15) is 0 Å². The van der Waals surface area contributed by atoms with Crippen molar-refractivity contribution in [3.63, 3.8) is 0 Å². The Hall–Kier alpha value is -2.58. The predicted molar refractivity (Wildman–Crippen MR) is 211 cm³/mol. The van der Waals surface area contributed by atoms with E-state index in [2.05, 4.69) is 82.3 Å². The first-order valence-corrected chi connectivity index (χ1v) is 21.6. The SMILES string of the molecule is C1=CC(N(C2CC=C(c3ccccc3)CC2)C2CCC(C3CCCCC3)CC2)CCC1C1CCC(n2c3c(c4ccccc42)CCCC3)CC1. The highest BCUT2D eigenvalue weighted by molar-refractivity contribution is 5.86. The highest BCUT2D eigenvalue weighted by Gasteiger charge is 2.39. The minimum atomic E-state index is 0.647. The molecule has 1 aromatic heterocycles. The first-order valence-electron chi connectivity index (χ1n) is 21.6. The molecule has 6 aliphatic rings. The number of benzene rings is 2. The standard InChI is InChI=1S/C48H64N2/c1-3-11-35(12-4-1)37-19-27-41(28-20-37)49(42-29-21-38(22-30-42)36-13-5-2-6-14-36)43-31-23-39(24-32-43)40-25-33-44(34-26-40)50-47-17-9-7-15-45(47)46-16-8-10-18-48(46)50/h1,3-4,7,9,11-12,15,17,19,23,31,36,38-44H,2,5-6,8,10,13-14,16,18,20-22,24-30,32-34H2. The van der Waals surface area contributed by atoms with Crippen molar-refractivity contribution < 1.29 is 0 Å². The molecule has 3 unspecified atom stereocenters. The van der Waals surface area contributed by atoms with Gasteiger partial charge in [0.25, 0.3) is 0 Å². The lowest BCUT2D eigenvalue weighted by atomic mass is 9.71. The first-order chi connectivity index (χ1) is 24.8. The number of aryl methyl sites for hydroxylation is 1. The third kappa shape index (κ3) is 6.73. The van der Waals surface area contributed by atoms with Crippen molar-refractivity contribution in [3.8, 4) is 0 Å². The lowest BCUT2D eigenvalue weighted by molar-refractivity contribution is 0.0397. The molecule has 2 nitrogen and oxygen atoms in total. The topological polar surface area (TPSA) is 8.17 Å². The van der Waals surface area contributed by atoms with E-state index in [-0.39, 0.29) is 0 Å². The van der Waals surface area contributed by atoms with Gasteiger partial charge >= 0.3 is 0 Å². The van der Waals surface area contributed by atoms with E-state index in [0.717, 1.165) is 29.7 Å². The molecule has 266 valence electrons.